The van der Waals surface area contributed by atoms with Crippen molar-refractivity contribution in [1.29, 1.82) is 0 Å². The average Bonchev–Trinajstić information content (AvgIpc) is 2.49. The molecule has 1 aromatic rings. The van der Waals surface area contributed by atoms with Crippen LogP contribution in [0.1, 0.15) is 54.1 Å². The van der Waals surface area contributed by atoms with Crippen LogP contribution >= 0.6 is 0 Å². The maximum absolute atomic E-state index is 12.2. The third-order valence-electron chi connectivity index (χ3n) is 3.76. The predicted molar refractivity (Wildman–Crippen MR) is 88.6 cm³/mol. The number of hydrogen-bond acceptors (Lipinski definition) is 3. The van der Waals surface area contributed by atoms with E-state index >= 15 is 0 Å². The summed E-state index contributed by atoms with van der Waals surface area (Å²) in [6.45, 7) is 6.30. The van der Waals surface area contributed by atoms with Gasteiger partial charge in [-0.3, -0.25) is 4.79 Å². The summed E-state index contributed by atoms with van der Waals surface area (Å²) in [6.07, 6.45) is 4.33. The molecule has 1 rings (SSSR count). The monoisotopic (exact) mass is 326 g/mol. The van der Waals surface area contributed by atoms with Gasteiger partial charge in [0.25, 0.3) is 5.91 Å². The van der Waals surface area contributed by atoms with Crippen LogP contribution in [0.25, 0.3) is 0 Å². The molecule has 22 heavy (non-hydrogen) atoms. The largest absolute Gasteiger partial charge is 0.352 e. The van der Waals surface area contributed by atoms with Gasteiger partial charge in [-0.25, -0.2) is 13.1 Å². The first-order valence-corrected chi connectivity index (χ1v) is 9.14. The molecule has 0 heterocycles. The first kappa shape index (κ1) is 18.6. The summed E-state index contributed by atoms with van der Waals surface area (Å²) in [5, 5.41) is 2.85. The maximum Gasteiger partial charge on any atom is 0.251 e. The lowest BCUT2D eigenvalue weighted by Gasteiger charge is -2.12. The highest BCUT2D eigenvalue weighted by Crippen LogP contribution is 2.21. The molecule has 0 unspecified atom stereocenters. The Morgan fingerprint density at radius 1 is 1.14 bits per heavy atom. The fourth-order valence-electron chi connectivity index (χ4n) is 2.20. The van der Waals surface area contributed by atoms with Crippen LogP contribution in [0.4, 0.5) is 0 Å². The molecule has 6 heteroatoms. The van der Waals surface area contributed by atoms with Gasteiger partial charge >= 0.3 is 0 Å². The highest BCUT2D eigenvalue weighted by atomic mass is 32.2. The number of rotatable bonds is 8. The summed E-state index contributed by atoms with van der Waals surface area (Å²) < 4.78 is 26.4. The van der Waals surface area contributed by atoms with E-state index in [4.69, 9.17) is 0 Å². The third kappa shape index (κ3) is 4.81. The number of aryl methyl sites for hydroxylation is 1. The summed E-state index contributed by atoms with van der Waals surface area (Å²) in [5.41, 5.74) is 1.83. The van der Waals surface area contributed by atoms with Gasteiger partial charge in [0, 0.05) is 12.1 Å². The van der Waals surface area contributed by atoms with E-state index < -0.39 is 10.0 Å². The van der Waals surface area contributed by atoms with Gasteiger partial charge in [-0.05, 0) is 50.6 Å². The van der Waals surface area contributed by atoms with E-state index in [-0.39, 0.29) is 10.8 Å². The number of carbonyl (C=O) groups is 1. The summed E-state index contributed by atoms with van der Waals surface area (Å²) in [6, 6.07) is 3.17. The Balaban J connectivity index is 2.90. The van der Waals surface area contributed by atoms with Crippen molar-refractivity contribution in [2.24, 2.45) is 0 Å². The minimum Gasteiger partial charge on any atom is -0.352 e. The summed E-state index contributed by atoms with van der Waals surface area (Å²) in [4.78, 5) is 12.3. The lowest BCUT2D eigenvalue weighted by Crippen LogP contribution is -2.26. The van der Waals surface area contributed by atoms with Crippen molar-refractivity contribution >= 4 is 15.9 Å². The van der Waals surface area contributed by atoms with Crippen molar-refractivity contribution in [3.05, 3.63) is 28.8 Å². The van der Waals surface area contributed by atoms with Gasteiger partial charge in [0.2, 0.25) is 10.0 Å². The van der Waals surface area contributed by atoms with E-state index in [1.807, 2.05) is 6.92 Å². The second kappa shape index (κ2) is 8.29. The van der Waals surface area contributed by atoms with Crippen LogP contribution < -0.4 is 10.0 Å². The van der Waals surface area contributed by atoms with Gasteiger partial charge in [0.15, 0.2) is 0 Å². The molecular formula is C16H26N2O3S. The van der Waals surface area contributed by atoms with Crippen molar-refractivity contribution in [2.75, 3.05) is 13.6 Å². The van der Waals surface area contributed by atoms with E-state index in [2.05, 4.69) is 17.0 Å². The zero-order valence-electron chi connectivity index (χ0n) is 13.8. The van der Waals surface area contributed by atoms with Crippen molar-refractivity contribution in [3.63, 3.8) is 0 Å². The Bertz CT molecular complexity index is 625. The van der Waals surface area contributed by atoms with Crippen molar-refractivity contribution < 1.29 is 13.2 Å². The molecule has 0 saturated carbocycles. The molecule has 124 valence electrons. The van der Waals surface area contributed by atoms with Crippen molar-refractivity contribution in [2.45, 2.75) is 51.3 Å². The standard InChI is InChI=1S/C16H26N2O3S/c1-5-6-7-8-9-18-16(19)14-10-12(2)13(3)15(11-14)22(20,21)17-4/h10-11,17H,5-9H2,1-4H3,(H,18,19). The topological polar surface area (TPSA) is 75.3 Å². The van der Waals surface area contributed by atoms with Gasteiger partial charge in [0.05, 0.1) is 4.90 Å². The molecule has 0 aliphatic carbocycles. The predicted octanol–water partition coefficient (Wildman–Crippen LogP) is 2.52. The number of benzene rings is 1. The second-order valence-corrected chi connectivity index (χ2v) is 7.30. The summed E-state index contributed by atoms with van der Waals surface area (Å²) in [7, 11) is -2.20. The Kier molecular flexibility index (Phi) is 7.03. The number of amides is 1. The third-order valence-corrected chi connectivity index (χ3v) is 5.30. The fourth-order valence-corrected chi connectivity index (χ4v) is 3.27. The van der Waals surface area contributed by atoms with Crippen LogP contribution in [-0.2, 0) is 10.0 Å². The first-order valence-electron chi connectivity index (χ1n) is 7.66. The zero-order chi connectivity index (χ0) is 16.8. The van der Waals surface area contributed by atoms with Crippen LogP contribution in [0.2, 0.25) is 0 Å². The van der Waals surface area contributed by atoms with Crippen molar-refractivity contribution in [3.8, 4) is 0 Å². The molecule has 0 spiro atoms. The van der Waals surface area contributed by atoms with E-state index in [1.165, 1.54) is 13.1 Å². The van der Waals surface area contributed by atoms with Gasteiger partial charge in [-0.15, -0.1) is 0 Å². The summed E-state index contributed by atoms with van der Waals surface area (Å²) in [5.74, 6) is -0.229. The van der Waals surface area contributed by atoms with Crippen LogP contribution in [0.3, 0.4) is 0 Å². The van der Waals surface area contributed by atoms with Crippen LogP contribution in [0.5, 0.6) is 0 Å². The van der Waals surface area contributed by atoms with E-state index in [0.717, 1.165) is 31.2 Å². The molecule has 0 fully saturated rings. The van der Waals surface area contributed by atoms with Crippen LogP contribution in [0.15, 0.2) is 17.0 Å². The highest BCUT2D eigenvalue weighted by Gasteiger charge is 2.19. The fraction of sp³-hybridized carbons (Fsp3) is 0.562. The first-order chi connectivity index (χ1) is 10.3. The van der Waals surface area contributed by atoms with E-state index in [0.29, 0.717) is 17.7 Å². The average molecular weight is 326 g/mol. The van der Waals surface area contributed by atoms with E-state index in [1.54, 1.807) is 13.0 Å². The SMILES string of the molecule is CCCCCCNC(=O)c1cc(C)c(C)c(S(=O)(=O)NC)c1. The Labute approximate surface area is 133 Å². The lowest BCUT2D eigenvalue weighted by atomic mass is 10.1. The molecule has 5 nitrogen and oxygen atoms in total. The minimum atomic E-state index is -3.57. The number of carbonyl (C=O) groups excluding carboxylic acids is 1. The van der Waals surface area contributed by atoms with Crippen LogP contribution in [-0.4, -0.2) is 27.9 Å². The molecule has 0 atom stereocenters. The number of hydrogen-bond donors (Lipinski definition) is 2. The molecular weight excluding hydrogens is 300 g/mol. The van der Waals surface area contributed by atoms with Gasteiger partial charge < -0.3 is 5.32 Å². The van der Waals surface area contributed by atoms with Gasteiger partial charge in [-0.2, -0.15) is 0 Å². The normalized spacial score (nSPS) is 11.5. The molecule has 0 radical (unpaired) electrons. The molecule has 0 aliphatic rings. The molecule has 0 aliphatic heterocycles. The molecule has 2 N–H and O–H groups in total. The Morgan fingerprint density at radius 3 is 2.41 bits per heavy atom. The van der Waals surface area contributed by atoms with Gasteiger partial charge in [0.1, 0.15) is 0 Å². The zero-order valence-corrected chi connectivity index (χ0v) is 14.6. The van der Waals surface area contributed by atoms with Gasteiger partial charge in [-0.1, -0.05) is 26.2 Å². The summed E-state index contributed by atoms with van der Waals surface area (Å²) >= 11 is 0. The second-order valence-electron chi connectivity index (χ2n) is 5.44. The smallest absolute Gasteiger partial charge is 0.251 e. The number of sulfonamides is 1. The van der Waals surface area contributed by atoms with E-state index in [9.17, 15) is 13.2 Å². The molecule has 1 amide bonds. The Hall–Kier alpha value is -1.40. The molecule has 0 saturated heterocycles. The van der Waals surface area contributed by atoms with Crippen LogP contribution in [0, 0.1) is 13.8 Å². The maximum atomic E-state index is 12.2. The van der Waals surface area contributed by atoms with Crippen molar-refractivity contribution in [1.82, 2.24) is 10.0 Å². The minimum absolute atomic E-state index is 0.158. The Morgan fingerprint density at radius 2 is 1.82 bits per heavy atom. The number of unbranched alkanes of at least 4 members (excludes halogenated alkanes) is 3. The molecule has 0 bridgehead atoms. The number of nitrogens with one attached hydrogen (secondary N) is 2. The highest BCUT2D eigenvalue weighted by molar-refractivity contribution is 7.89. The molecule has 0 aromatic heterocycles. The molecule has 1 aromatic carbocycles. The lowest BCUT2D eigenvalue weighted by molar-refractivity contribution is 0.0952. The quantitative estimate of drug-likeness (QED) is 0.721.